The average molecular weight is 395 g/mol. The SMILES string of the molecule is O=C(c1cccs1)N1CCC(NCCC(c2ccccc2)c2ccco2)CC1. The standard InChI is InChI=1S/C23H26N2O2S/c26-23(22-9-5-17-28-22)25-14-11-19(12-15-25)24-13-10-20(21-8-4-16-27-21)18-6-2-1-3-7-18/h1-9,16-17,19-20,24H,10-15H2. The first-order valence-corrected chi connectivity index (χ1v) is 10.8. The fourth-order valence-corrected chi connectivity index (χ4v) is 4.61. The van der Waals surface area contributed by atoms with Crippen molar-refractivity contribution >= 4 is 17.2 Å². The zero-order valence-electron chi connectivity index (χ0n) is 15.9. The number of hydrogen-bond donors (Lipinski definition) is 1. The van der Waals surface area contributed by atoms with E-state index in [9.17, 15) is 4.79 Å². The van der Waals surface area contributed by atoms with Crippen LogP contribution in [-0.2, 0) is 0 Å². The van der Waals surface area contributed by atoms with E-state index in [1.54, 1.807) is 6.26 Å². The summed E-state index contributed by atoms with van der Waals surface area (Å²) >= 11 is 1.52. The summed E-state index contributed by atoms with van der Waals surface area (Å²) in [6, 6.07) is 18.9. The number of amides is 1. The van der Waals surface area contributed by atoms with Crippen LogP contribution in [0.25, 0.3) is 0 Å². The van der Waals surface area contributed by atoms with Crippen molar-refractivity contribution in [2.45, 2.75) is 31.2 Å². The molecule has 1 unspecified atom stereocenters. The minimum Gasteiger partial charge on any atom is -0.469 e. The smallest absolute Gasteiger partial charge is 0.263 e. The van der Waals surface area contributed by atoms with Crippen LogP contribution in [0.4, 0.5) is 0 Å². The molecule has 0 aliphatic carbocycles. The van der Waals surface area contributed by atoms with Crippen LogP contribution in [0.15, 0.2) is 70.7 Å². The molecule has 28 heavy (non-hydrogen) atoms. The molecule has 3 aromatic rings. The number of furan rings is 1. The van der Waals surface area contributed by atoms with Crippen molar-refractivity contribution in [1.82, 2.24) is 10.2 Å². The van der Waals surface area contributed by atoms with Gasteiger partial charge in [-0.05, 0) is 54.9 Å². The molecule has 1 atom stereocenters. The number of nitrogens with zero attached hydrogens (tertiary/aromatic N) is 1. The predicted octanol–water partition coefficient (Wildman–Crippen LogP) is 4.76. The zero-order chi connectivity index (χ0) is 19.2. The minimum atomic E-state index is 0.176. The van der Waals surface area contributed by atoms with Crippen LogP contribution >= 0.6 is 11.3 Å². The lowest BCUT2D eigenvalue weighted by molar-refractivity contribution is 0.0710. The van der Waals surface area contributed by atoms with Gasteiger partial charge in [0, 0.05) is 25.0 Å². The molecule has 1 amide bonds. The summed E-state index contributed by atoms with van der Waals surface area (Å²) in [5, 5.41) is 5.66. The second-order valence-electron chi connectivity index (χ2n) is 7.27. The highest BCUT2D eigenvalue weighted by Gasteiger charge is 2.24. The van der Waals surface area contributed by atoms with Crippen LogP contribution in [-0.4, -0.2) is 36.5 Å². The third kappa shape index (κ3) is 4.54. The van der Waals surface area contributed by atoms with Gasteiger partial charge < -0.3 is 14.6 Å². The van der Waals surface area contributed by atoms with Crippen LogP contribution in [0, 0.1) is 0 Å². The minimum absolute atomic E-state index is 0.176. The average Bonchev–Trinajstić information content (AvgIpc) is 3.46. The third-order valence-corrected chi connectivity index (χ3v) is 6.33. The summed E-state index contributed by atoms with van der Waals surface area (Å²) in [6.07, 6.45) is 4.76. The number of rotatable bonds is 7. The van der Waals surface area contributed by atoms with Gasteiger partial charge in [-0.3, -0.25) is 4.79 Å². The molecule has 0 spiro atoms. The van der Waals surface area contributed by atoms with Gasteiger partial charge in [0.1, 0.15) is 5.76 Å². The van der Waals surface area contributed by atoms with Crippen LogP contribution in [0.1, 0.15) is 46.2 Å². The summed E-state index contributed by atoms with van der Waals surface area (Å²) in [6.45, 7) is 2.59. The molecule has 5 heteroatoms. The molecule has 1 aromatic carbocycles. The Balaban J connectivity index is 1.27. The lowest BCUT2D eigenvalue weighted by atomic mass is 9.93. The van der Waals surface area contributed by atoms with Gasteiger partial charge in [-0.15, -0.1) is 11.3 Å². The van der Waals surface area contributed by atoms with Crippen molar-refractivity contribution < 1.29 is 9.21 Å². The summed E-state index contributed by atoms with van der Waals surface area (Å²) < 4.78 is 5.70. The molecule has 0 bridgehead atoms. The van der Waals surface area contributed by atoms with Gasteiger partial charge in [-0.25, -0.2) is 0 Å². The maximum Gasteiger partial charge on any atom is 0.263 e. The van der Waals surface area contributed by atoms with Crippen LogP contribution in [0.3, 0.4) is 0 Å². The molecular formula is C23H26N2O2S. The molecular weight excluding hydrogens is 368 g/mol. The van der Waals surface area contributed by atoms with Crippen molar-refractivity contribution in [3.63, 3.8) is 0 Å². The zero-order valence-corrected chi connectivity index (χ0v) is 16.7. The Morgan fingerprint density at radius 2 is 1.93 bits per heavy atom. The Hall–Kier alpha value is -2.37. The number of piperidine rings is 1. The van der Waals surface area contributed by atoms with Crippen LogP contribution in [0.2, 0.25) is 0 Å². The van der Waals surface area contributed by atoms with E-state index >= 15 is 0 Å². The van der Waals surface area contributed by atoms with E-state index in [1.165, 1.54) is 16.9 Å². The molecule has 1 fully saturated rings. The second-order valence-corrected chi connectivity index (χ2v) is 8.21. The van der Waals surface area contributed by atoms with E-state index in [2.05, 4.69) is 35.6 Å². The number of nitrogens with one attached hydrogen (secondary N) is 1. The van der Waals surface area contributed by atoms with E-state index in [-0.39, 0.29) is 11.8 Å². The fraction of sp³-hybridized carbons (Fsp3) is 0.348. The summed E-state index contributed by atoms with van der Waals surface area (Å²) in [4.78, 5) is 15.3. The lowest BCUT2D eigenvalue weighted by Gasteiger charge is -2.32. The molecule has 4 nitrogen and oxygen atoms in total. The summed E-state index contributed by atoms with van der Waals surface area (Å²) in [5.74, 6) is 1.46. The monoisotopic (exact) mass is 394 g/mol. The highest BCUT2D eigenvalue weighted by molar-refractivity contribution is 7.12. The molecule has 3 heterocycles. The van der Waals surface area contributed by atoms with Crippen molar-refractivity contribution in [1.29, 1.82) is 0 Å². The summed E-state index contributed by atoms with van der Waals surface area (Å²) in [7, 11) is 0. The van der Waals surface area contributed by atoms with Gasteiger partial charge in [-0.2, -0.15) is 0 Å². The molecule has 0 radical (unpaired) electrons. The quantitative estimate of drug-likeness (QED) is 0.629. The van der Waals surface area contributed by atoms with Crippen molar-refractivity contribution in [2.75, 3.05) is 19.6 Å². The Bertz CT molecular complexity index is 838. The molecule has 4 rings (SSSR count). The van der Waals surface area contributed by atoms with Gasteiger partial charge in [-0.1, -0.05) is 36.4 Å². The first-order chi connectivity index (χ1) is 13.8. The van der Waals surface area contributed by atoms with Crippen LogP contribution < -0.4 is 5.32 Å². The van der Waals surface area contributed by atoms with E-state index in [0.717, 1.165) is 49.5 Å². The Morgan fingerprint density at radius 3 is 2.61 bits per heavy atom. The number of hydrogen-bond acceptors (Lipinski definition) is 4. The van der Waals surface area contributed by atoms with Gasteiger partial charge in [0.15, 0.2) is 0 Å². The largest absolute Gasteiger partial charge is 0.469 e. The number of carbonyl (C=O) groups excluding carboxylic acids is 1. The Morgan fingerprint density at radius 1 is 1.11 bits per heavy atom. The highest BCUT2D eigenvalue weighted by atomic mass is 32.1. The number of benzene rings is 1. The van der Waals surface area contributed by atoms with E-state index in [4.69, 9.17) is 4.42 Å². The molecule has 146 valence electrons. The second kappa shape index (κ2) is 9.22. The lowest BCUT2D eigenvalue weighted by Crippen LogP contribution is -2.45. The van der Waals surface area contributed by atoms with Crippen LogP contribution in [0.5, 0.6) is 0 Å². The van der Waals surface area contributed by atoms with E-state index < -0.39 is 0 Å². The normalized spacial score (nSPS) is 16.2. The Labute approximate surface area is 170 Å². The predicted molar refractivity (Wildman–Crippen MR) is 113 cm³/mol. The molecule has 1 aliphatic rings. The fourth-order valence-electron chi connectivity index (χ4n) is 3.92. The first kappa shape index (κ1) is 19.0. The molecule has 1 N–H and O–H groups in total. The Kier molecular flexibility index (Phi) is 6.24. The maximum absolute atomic E-state index is 12.5. The summed E-state index contributed by atoms with van der Waals surface area (Å²) in [5.41, 5.74) is 1.29. The number of likely N-dealkylation sites (tertiary alicyclic amines) is 1. The molecule has 2 aromatic heterocycles. The molecule has 0 saturated carbocycles. The van der Waals surface area contributed by atoms with Gasteiger partial charge in [0.05, 0.1) is 11.1 Å². The van der Waals surface area contributed by atoms with E-state index in [0.29, 0.717) is 6.04 Å². The number of carbonyl (C=O) groups is 1. The van der Waals surface area contributed by atoms with Crippen molar-refractivity contribution in [3.8, 4) is 0 Å². The van der Waals surface area contributed by atoms with Gasteiger partial charge >= 0.3 is 0 Å². The molecule has 1 aliphatic heterocycles. The van der Waals surface area contributed by atoms with Gasteiger partial charge in [0.25, 0.3) is 5.91 Å². The topological polar surface area (TPSA) is 45.5 Å². The maximum atomic E-state index is 12.5. The number of thiophene rings is 1. The van der Waals surface area contributed by atoms with E-state index in [1.807, 2.05) is 34.5 Å². The highest BCUT2D eigenvalue weighted by Crippen LogP contribution is 2.28. The van der Waals surface area contributed by atoms with Crippen molar-refractivity contribution in [3.05, 3.63) is 82.4 Å². The third-order valence-electron chi connectivity index (χ3n) is 5.47. The first-order valence-electron chi connectivity index (χ1n) is 9.96. The van der Waals surface area contributed by atoms with Gasteiger partial charge in [0.2, 0.25) is 0 Å². The van der Waals surface area contributed by atoms with Crippen molar-refractivity contribution in [2.24, 2.45) is 0 Å². The molecule has 1 saturated heterocycles.